The molecule has 0 saturated heterocycles. The minimum atomic E-state index is 0.278. The standard InChI is InChI=1S/C26H27Cl2N3S/c1-15-10-17(16(2)31(15)19-7-9-22(27)23(28)12-19)14-30-25-21(13-29)20-8-6-18(26(3,4)5)11-24(20)32-25/h7,9-10,12,14,18H,6,8,11H2,1-5H3/t18-/m1/s1. The Hall–Kier alpha value is -2.06. The number of thiophene rings is 1. The van der Waals surface area contributed by atoms with E-state index in [1.165, 1.54) is 10.4 Å². The number of fused-ring (bicyclic) bond motifs is 1. The molecule has 2 aromatic heterocycles. The predicted octanol–water partition coefficient (Wildman–Crippen LogP) is 8.24. The third-order valence-corrected chi connectivity index (χ3v) is 8.44. The lowest BCUT2D eigenvalue weighted by Gasteiger charge is -2.33. The Labute approximate surface area is 204 Å². The van der Waals surface area contributed by atoms with Crippen LogP contribution in [0.2, 0.25) is 10.0 Å². The molecule has 0 N–H and O–H groups in total. The van der Waals surface area contributed by atoms with Gasteiger partial charge >= 0.3 is 0 Å². The second-order valence-corrected chi connectivity index (χ2v) is 11.5. The number of aliphatic imine (C=N–C) groups is 1. The first-order valence-electron chi connectivity index (χ1n) is 10.8. The Bertz CT molecular complexity index is 1250. The van der Waals surface area contributed by atoms with Gasteiger partial charge in [0.25, 0.3) is 0 Å². The summed E-state index contributed by atoms with van der Waals surface area (Å²) in [5, 5.41) is 11.7. The van der Waals surface area contributed by atoms with Crippen molar-refractivity contribution in [3.63, 3.8) is 0 Å². The smallest absolute Gasteiger partial charge is 0.134 e. The lowest BCUT2D eigenvalue weighted by atomic mass is 9.72. The number of aromatic nitrogens is 1. The van der Waals surface area contributed by atoms with E-state index in [-0.39, 0.29) is 5.41 Å². The second kappa shape index (κ2) is 8.71. The van der Waals surface area contributed by atoms with E-state index < -0.39 is 0 Å². The van der Waals surface area contributed by atoms with Crippen LogP contribution in [0.25, 0.3) is 5.69 Å². The number of aryl methyl sites for hydroxylation is 1. The molecular formula is C26H27Cl2N3S. The zero-order chi connectivity index (χ0) is 23.2. The van der Waals surface area contributed by atoms with Crippen LogP contribution in [0, 0.1) is 36.5 Å². The Morgan fingerprint density at radius 2 is 1.94 bits per heavy atom. The Kier molecular flexibility index (Phi) is 6.29. The van der Waals surface area contributed by atoms with Crippen molar-refractivity contribution in [1.82, 2.24) is 4.57 Å². The number of benzene rings is 1. The summed E-state index contributed by atoms with van der Waals surface area (Å²) in [5.41, 5.74) is 6.39. The number of hydrogen-bond acceptors (Lipinski definition) is 3. The Balaban J connectivity index is 1.67. The third-order valence-electron chi connectivity index (χ3n) is 6.54. The first-order valence-corrected chi connectivity index (χ1v) is 12.4. The molecule has 6 heteroatoms. The summed E-state index contributed by atoms with van der Waals surface area (Å²) in [7, 11) is 0. The number of halogens is 2. The van der Waals surface area contributed by atoms with Gasteiger partial charge in [0.05, 0.1) is 15.6 Å². The van der Waals surface area contributed by atoms with Gasteiger partial charge in [-0.05, 0) is 74.3 Å². The van der Waals surface area contributed by atoms with Crippen molar-refractivity contribution in [2.75, 3.05) is 0 Å². The second-order valence-electron chi connectivity index (χ2n) is 9.62. The molecule has 0 bridgehead atoms. The summed E-state index contributed by atoms with van der Waals surface area (Å²) in [5.74, 6) is 0.641. The summed E-state index contributed by atoms with van der Waals surface area (Å²) in [6.45, 7) is 11.1. The van der Waals surface area contributed by atoms with Crippen molar-refractivity contribution >= 4 is 45.8 Å². The van der Waals surface area contributed by atoms with Crippen LogP contribution < -0.4 is 0 Å². The Morgan fingerprint density at radius 3 is 2.59 bits per heavy atom. The minimum Gasteiger partial charge on any atom is -0.318 e. The molecule has 166 valence electrons. The monoisotopic (exact) mass is 483 g/mol. The van der Waals surface area contributed by atoms with E-state index >= 15 is 0 Å². The first kappa shape index (κ1) is 23.1. The van der Waals surface area contributed by atoms with Crippen LogP contribution in [-0.4, -0.2) is 10.8 Å². The molecule has 3 aromatic rings. The third kappa shape index (κ3) is 4.27. The summed E-state index contributed by atoms with van der Waals surface area (Å²) < 4.78 is 2.14. The highest BCUT2D eigenvalue weighted by Gasteiger charge is 2.32. The molecule has 4 rings (SSSR count). The van der Waals surface area contributed by atoms with Crippen molar-refractivity contribution in [1.29, 1.82) is 5.26 Å². The van der Waals surface area contributed by atoms with Crippen LogP contribution in [0.1, 0.15) is 60.1 Å². The lowest BCUT2D eigenvalue weighted by Crippen LogP contribution is -2.26. The van der Waals surface area contributed by atoms with Gasteiger partial charge in [0.15, 0.2) is 0 Å². The van der Waals surface area contributed by atoms with E-state index in [1.54, 1.807) is 11.3 Å². The highest BCUT2D eigenvalue weighted by Crippen LogP contribution is 2.45. The van der Waals surface area contributed by atoms with Gasteiger partial charge < -0.3 is 4.57 Å². The summed E-state index contributed by atoms with van der Waals surface area (Å²) in [6.07, 6.45) is 5.03. The van der Waals surface area contributed by atoms with E-state index in [1.807, 2.05) is 24.4 Å². The van der Waals surface area contributed by atoms with Gasteiger partial charge in [0.1, 0.15) is 11.1 Å². The maximum Gasteiger partial charge on any atom is 0.134 e. The molecule has 1 aliphatic carbocycles. The molecule has 32 heavy (non-hydrogen) atoms. The molecule has 0 spiro atoms. The summed E-state index contributed by atoms with van der Waals surface area (Å²) >= 11 is 14.0. The van der Waals surface area contributed by atoms with Crippen molar-refractivity contribution in [3.8, 4) is 11.8 Å². The van der Waals surface area contributed by atoms with Gasteiger partial charge in [0, 0.05) is 33.7 Å². The van der Waals surface area contributed by atoms with Crippen molar-refractivity contribution in [3.05, 3.63) is 67.3 Å². The van der Waals surface area contributed by atoms with Crippen LogP contribution in [-0.2, 0) is 12.8 Å². The van der Waals surface area contributed by atoms with Crippen LogP contribution in [0.4, 0.5) is 5.00 Å². The van der Waals surface area contributed by atoms with E-state index in [2.05, 4.69) is 51.3 Å². The Morgan fingerprint density at radius 1 is 1.19 bits per heavy atom. The largest absolute Gasteiger partial charge is 0.318 e. The molecule has 1 aromatic carbocycles. The van der Waals surface area contributed by atoms with Gasteiger partial charge in [-0.1, -0.05) is 44.0 Å². The molecule has 0 aliphatic heterocycles. The van der Waals surface area contributed by atoms with Gasteiger partial charge in [-0.15, -0.1) is 11.3 Å². The minimum absolute atomic E-state index is 0.278. The van der Waals surface area contributed by atoms with Gasteiger partial charge in [-0.2, -0.15) is 5.26 Å². The fourth-order valence-electron chi connectivity index (χ4n) is 4.58. The maximum atomic E-state index is 9.84. The highest BCUT2D eigenvalue weighted by atomic mass is 35.5. The van der Waals surface area contributed by atoms with E-state index in [0.29, 0.717) is 16.0 Å². The molecule has 0 unspecified atom stereocenters. The van der Waals surface area contributed by atoms with Gasteiger partial charge in [-0.3, -0.25) is 0 Å². The van der Waals surface area contributed by atoms with E-state index in [9.17, 15) is 5.26 Å². The highest BCUT2D eigenvalue weighted by molar-refractivity contribution is 7.16. The number of nitriles is 1. The van der Waals surface area contributed by atoms with Crippen molar-refractivity contribution < 1.29 is 0 Å². The maximum absolute atomic E-state index is 9.84. The number of hydrogen-bond donors (Lipinski definition) is 0. The normalized spacial score (nSPS) is 16.4. The topological polar surface area (TPSA) is 41.1 Å². The van der Waals surface area contributed by atoms with Crippen molar-refractivity contribution in [2.24, 2.45) is 16.3 Å². The fraction of sp³-hybridized carbons (Fsp3) is 0.385. The molecule has 1 aliphatic rings. The zero-order valence-electron chi connectivity index (χ0n) is 19.1. The summed E-state index contributed by atoms with van der Waals surface area (Å²) in [6, 6.07) is 10.2. The molecule has 2 heterocycles. The van der Waals surface area contributed by atoms with Crippen molar-refractivity contribution in [2.45, 2.75) is 53.9 Å². The molecule has 0 radical (unpaired) electrons. The molecule has 3 nitrogen and oxygen atoms in total. The average molecular weight is 484 g/mol. The number of nitrogens with zero attached hydrogens (tertiary/aromatic N) is 3. The van der Waals surface area contributed by atoms with Gasteiger partial charge in [-0.25, -0.2) is 4.99 Å². The van der Waals surface area contributed by atoms with Crippen LogP contribution in [0.5, 0.6) is 0 Å². The predicted molar refractivity (Wildman–Crippen MR) is 137 cm³/mol. The molecular weight excluding hydrogens is 457 g/mol. The quantitative estimate of drug-likeness (QED) is 0.345. The van der Waals surface area contributed by atoms with E-state index in [0.717, 1.165) is 52.5 Å². The van der Waals surface area contributed by atoms with E-state index in [4.69, 9.17) is 28.2 Å². The molecule has 0 fully saturated rings. The first-order chi connectivity index (χ1) is 15.1. The van der Waals surface area contributed by atoms with Crippen LogP contribution >= 0.6 is 34.5 Å². The molecule has 1 atom stereocenters. The molecule has 0 saturated carbocycles. The molecule has 0 amide bonds. The van der Waals surface area contributed by atoms with Crippen LogP contribution in [0.15, 0.2) is 29.3 Å². The zero-order valence-corrected chi connectivity index (χ0v) is 21.4. The fourth-order valence-corrected chi connectivity index (χ4v) is 6.10. The average Bonchev–Trinajstić information content (AvgIpc) is 3.23. The van der Waals surface area contributed by atoms with Crippen LogP contribution in [0.3, 0.4) is 0 Å². The van der Waals surface area contributed by atoms with Gasteiger partial charge in [0.2, 0.25) is 0 Å². The summed E-state index contributed by atoms with van der Waals surface area (Å²) in [4.78, 5) is 6.13. The number of rotatable bonds is 3. The SMILES string of the molecule is Cc1cc(C=Nc2sc3c(c2C#N)CC[C@@H](C(C)(C)C)C3)c(C)n1-c1ccc(Cl)c(Cl)c1. The lowest BCUT2D eigenvalue weighted by molar-refractivity contribution is 0.218.